The molecule has 1 aliphatic heterocycles. The van der Waals surface area contributed by atoms with Gasteiger partial charge in [-0.05, 0) is 59.5 Å². The zero-order valence-corrected chi connectivity index (χ0v) is 26.9. The van der Waals surface area contributed by atoms with Crippen LogP contribution < -0.4 is 4.90 Å². The summed E-state index contributed by atoms with van der Waals surface area (Å²) in [5, 5.41) is 21.5. The van der Waals surface area contributed by atoms with Gasteiger partial charge in [0.1, 0.15) is 12.1 Å². The summed E-state index contributed by atoms with van der Waals surface area (Å²) in [5.41, 5.74) is 12.0. The minimum Gasteiger partial charge on any atom is -0.333 e. The molecule has 2 atom stereocenters. The van der Waals surface area contributed by atoms with Crippen LogP contribution in [0.3, 0.4) is 0 Å². The lowest BCUT2D eigenvalue weighted by Crippen LogP contribution is -2.28. The summed E-state index contributed by atoms with van der Waals surface area (Å²) in [4.78, 5) is 2.45. The smallest absolute Gasteiger partial charge is 0.101 e. The van der Waals surface area contributed by atoms with Crippen LogP contribution >= 0.6 is 0 Å². The predicted octanol–water partition coefficient (Wildman–Crippen LogP) is 10.4. The fraction of sp³-hybridized carbons (Fsp3) is 0.0667. The van der Waals surface area contributed by atoms with E-state index in [9.17, 15) is 10.5 Å². The molecule has 1 aromatic heterocycles. The summed E-state index contributed by atoms with van der Waals surface area (Å²) >= 11 is 0. The molecule has 8 rings (SSSR count). The normalized spacial score (nSPS) is 16.1. The van der Waals surface area contributed by atoms with Crippen molar-refractivity contribution >= 4 is 27.9 Å². The Hall–Kier alpha value is -6.80. The molecule has 0 saturated heterocycles. The largest absolute Gasteiger partial charge is 0.333 e. The van der Waals surface area contributed by atoms with E-state index in [-0.39, 0.29) is 6.04 Å². The molecule has 0 radical (unpaired) electrons. The molecule has 230 valence electrons. The molecule has 1 aliphatic carbocycles. The lowest BCUT2D eigenvalue weighted by Gasteiger charge is -2.29. The van der Waals surface area contributed by atoms with Gasteiger partial charge in [-0.2, -0.15) is 10.5 Å². The number of hydrogen-bond donors (Lipinski definition) is 0. The van der Waals surface area contributed by atoms with Crippen molar-refractivity contribution in [1.29, 1.82) is 10.5 Å². The summed E-state index contributed by atoms with van der Waals surface area (Å²) in [6, 6.07) is 44.6. The Morgan fingerprint density at radius 3 is 2.35 bits per heavy atom. The highest BCUT2D eigenvalue weighted by Crippen LogP contribution is 2.48. The second-order valence-electron chi connectivity index (χ2n) is 12.3. The van der Waals surface area contributed by atoms with Gasteiger partial charge >= 0.3 is 0 Å². The third kappa shape index (κ3) is 4.69. The van der Waals surface area contributed by atoms with Gasteiger partial charge in [-0.1, -0.05) is 115 Å². The summed E-state index contributed by atoms with van der Waals surface area (Å²) in [6.07, 6.45) is 16.0. The molecule has 0 saturated carbocycles. The van der Waals surface area contributed by atoms with Crippen LogP contribution in [0.25, 0.3) is 44.4 Å². The van der Waals surface area contributed by atoms with Crippen molar-refractivity contribution in [2.24, 2.45) is 0 Å². The Morgan fingerprint density at radius 2 is 1.51 bits per heavy atom. The van der Waals surface area contributed by atoms with Crippen LogP contribution in [0, 0.1) is 41.9 Å². The highest BCUT2D eigenvalue weighted by Gasteiger charge is 2.37. The van der Waals surface area contributed by atoms with E-state index in [0.717, 1.165) is 55.8 Å². The molecule has 4 heteroatoms. The second-order valence-corrected chi connectivity index (χ2v) is 12.3. The van der Waals surface area contributed by atoms with Gasteiger partial charge < -0.3 is 9.47 Å². The number of anilines is 2. The molecular weight excluding hydrogens is 597 g/mol. The minimum atomic E-state index is 0.202. The van der Waals surface area contributed by atoms with Crippen molar-refractivity contribution in [2.45, 2.75) is 18.9 Å². The Balaban J connectivity index is 1.33. The Morgan fingerprint density at radius 1 is 0.776 bits per heavy atom. The van der Waals surface area contributed by atoms with Crippen LogP contribution in [0.2, 0.25) is 0 Å². The number of nitriles is 2. The number of benzene rings is 5. The van der Waals surface area contributed by atoms with Crippen molar-refractivity contribution in [3.05, 3.63) is 168 Å². The first-order valence-electron chi connectivity index (χ1n) is 16.3. The zero-order chi connectivity index (χ0) is 33.5. The number of fused-ring (bicyclic) bond motifs is 4. The molecular formula is C45H30N4. The van der Waals surface area contributed by atoms with Gasteiger partial charge in [0, 0.05) is 45.6 Å². The van der Waals surface area contributed by atoms with E-state index in [2.05, 4.69) is 125 Å². The molecule has 2 unspecified atom stereocenters. The maximum atomic E-state index is 10.5. The maximum Gasteiger partial charge on any atom is 0.101 e. The minimum absolute atomic E-state index is 0.202. The van der Waals surface area contributed by atoms with Gasteiger partial charge in [0.15, 0.2) is 0 Å². The number of rotatable bonds is 5. The highest BCUT2D eigenvalue weighted by atomic mass is 15.2. The molecule has 0 amide bonds. The number of aromatic nitrogens is 1. The number of para-hydroxylation sites is 3. The highest BCUT2D eigenvalue weighted by molar-refractivity contribution is 6.01. The SMILES string of the molecule is C#C/C=C(/C#N)c1c(C)n(-c2c(C#N)cccc2-c2ccccc2-c2cccc(N3c4ccccc4C4C=CC=CC43)c2)c2ccccc12. The van der Waals surface area contributed by atoms with Crippen LogP contribution in [0.5, 0.6) is 0 Å². The molecule has 0 bridgehead atoms. The van der Waals surface area contributed by atoms with Gasteiger partial charge in [-0.15, -0.1) is 6.42 Å². The van der Waals surface area contributed by atoms with Crippen molar-refractivity contribution < 1.29 is 0 Å². The molecule has 5 aromatic carbocycles. The topological polar surface area (TPSA) is 55.8 Å². The van der Waals surface area contributed by atoms with Crippen LogP contribution in [-0.4, -0.2) is 10.6 Å². The van der Waals surface area contributed by atoms with Gasteiger partial charge in [0.2, 0.25) is 0 Å². The lowest BCUT2D eigenvalue weighted by molar-refractivity contribution is 0.745. The molecule has 2 aliphatic rings. The lowest BCUT2D eigenvalue weighted by atomic mass is 9.91. The second kappa shape index (κ2) is 12.1. The standard InChI is InChI=1S/C45H30N4/c1-3-14-32(28-46)44-30(2)48(43-26-11-8-22-40(43)44)45-33(29-47)16-13-23-39(45)36-19-5-4-18-35(36)31-15-12-17-34(27-31)49-41-24-9-6-20-37(41)38-21-7-10-25-42(38)49/h1,4-27,37,41H,2H3/b32-14-. The van der Waals surface area contributed by atoms with E-state index < -0.39 is 0 Å². The van der Waals surface area contributed by atoms with Crippen molar-refractivity contribution in [2.75, 3.05) is 4.90 Å². The van der Waals surface area contributed by atoms with Crippen LogP contribution in [0.15, 0.2) is 146 Å². The third-order valence-electron chi connectivity index (χ3n) is 9.72. The van der Waals surface area contributed by atoms with E-state index in [1.807, 2.05) is 49.4 Å². The van der Waals surface area contributed by atoms with Crippen molar-refractivity contribution in [3.8, 4) is 52.4 Å². The van der Waals surface area contributed by atoms with E-state index in [0.29, 0.717) is 17.1 Å². The number of nitrogens with zero attached hydrogens (tertiary/aromatic N) is 4. The van der Waals surface area contributed by atoms with Gasteiger partial charge in [0.25, 0.3) is 0 Å². The molecule has 4 nitrogen and oxygen atoms in total. The summed E-state index contributed by atoms with van der Waals surface area (Å²) in [6.45, 7) is 1.99. The first-order valence-corrected chi connectivity index (χ1v) is 16.3. The van der Waals surface area contributed by atoms with Crippen molar-refractivity contribution in [3.63, 3.8) is 0 Å². The fourth-order valence-corrected chi connectivity index (χ4v) is 7.71. The summed E-state index contributed by atoms with van der Waals surface area (Å²) in [7, 11) is 0. The number of terminal acetylenes is 1. The predicted molar refractivity (Wildman–Crippen MR) is 199 cm³/mol. The first-order chi connectivity index (χ1) is 24.1. The van der Waals surface area contributed by atoms with Crippen LogP contribution in [0.4, 0.5) is 11.4 Å². The molecule has 0 spiro atoms. The fourth-order valence-electron chi connectivity index (χ4n) is 7.71. The molecule has 0 N–H and O–H groups in total. The van der Waals surface area contributed by atoms with Crippen molar-refractivity contribution in [1.82, 2.24) is 4.57 Å². The summed E-state index contributed by atoms with van der Waals surface area (Å²) in [5.74, 6) is 2.83. The monoisotopic (exact) mass is 626 g/mol. The van der Waals surface area contributed by atoms with Gasteiger partial charge in [-0.3, -0.25) is 0 Å². The molecule has 0 fully saturated rings. The molecule has 2 heterocycles. The van der Waals surface area contributed by atoms with Gasteiger partial charge in [-0.25, -0.2) is 0 Å². The van der Waals surface area contributed by atoms with E-state index >= 15 is 0 Å². The number of allylic oxidation sites excluding steroid dienone is 4. The quantitative estimate of drug-likeness (QED) is 0.141. The van der Waals surface area contributed by atoms with Crippen LogP contribution in [0.1, 0.15) is 28.3 Å². The third-order valence-corrected chi connectivity index (χ3v) is 9.72. The van der Waals surface area contributed by atoms with E-state index in [4.69, 9.17) is 6.42 Å². The Labute approximate surface area is 286 Å². The van der Waals surface area contributed by atoms with Crippen LogP contribution in [-0.2, 0) is 0 Å². The summed E-state index contributed by atoms with van der Waals surface area (Å²) < 4.78 is 2.11. The Kier molecular flexibility index (Phi) is 7.30. The molecule has 6 aromatic rings. The first kappa shape index (κ1) is 29.6. The van der Waals surface area contributed by atoms with E-state index in [1.165, 1.54) is 17.3 Å². The average Bonchev–Trinajstić information content (AvgIpc) is 3.65. The zero-order valence-electron chi connectivity index (χ0n) is 26.9. The Bertz CT molecular complexity index is 2520. The maximum absolute atomic E-state index is 10.5. The average molecular weight is 627 g/mol. The van der Waals surface area contributed by atoms with Gasteiger partial charge in [0.05, 0.1) is 28.4 Å². The number of hydrogen-bond acceptors (Lipinski definition) is 3. The molecule has 49 heavy (non-hydrogen) atoms. The van der Waals surface area contributed by atoms with E-state index in [1.54, 1.807) is 0 Å².